The highest BCUT2D eigenvalue weighted by Crippen LogP contribution is 2.23. The fourth-order valence-electron chi connectivity index (χ4n) is 2.12. The van der Waals surface area contributed by atoms with Gasteiger partial charge in [-0.25, -0.2) is 4.79 Å². The highest BCUT2D eigenvalue weighted by atomic mass is 16.4. The van der Waals surface area contributed by atoms with Gasteiger partial charge in [-0.3, -0.25) is 0 Å². The van der Waals surface area contributed by atoms with Gasteiger partial charge in [0.05, 0.1) is 6.54 Å². The predicted molar refractivity (Wildman–Crippen MR) is 66.0 cm³/mol. The summed E-state index contributed by atoms with van der Waals surface area (Å²) in [5.41, 5.74) is 5.49. The van der Waals surface area contributed by atoms with E-state index in [-0.39, 0.29) is 30.5 Å². The number of carbonyl (C=O) groups is 1. The molecule has 0 heterocycles. The van der Waals surface area contributed by atoms with E-state index in [1.165, 1.54) is 0 Å². The van der Waals surface area contributed by atoms with Crippen LogP contribution in [0.1, 0.15) is 39.5 Å². The maximum Gasteiger partial charge on any atom is 0.318 e. The van der Waals surface area contributed by atoms with Crippen LogP contribution in [0.3, 0.4) is 0 Å². The number of nitrogens with two attached hydrogens (primary N) is 1. The van der Waals surface area contributed by atoms with Gasteiger partial charge < -0.3 is 21.2 Å². The average molecular weight is 242 g/mol. The zero-order chi connectivity index (χ0) is 12.8. The van der Waals surface area contributed by atoms with Crippen LogP contribution in [0.4, 0.5) is 4.79 Å². The lowest BCUT2D eigenvalue weighted by atomic mass is 10.2. The predicted octanol–water partition coefficient (Wildman–Crippen LogP) is 1.10. The maximum absolute atomic E-state index is 12.0. The number of nitrogens with one attached hydrogen (secondary N) is 1. The second kappa shape index (κ2) is 6.32. The lowest BCUT2D eigenvalue weighted by Crippen LogP contribution is -2.50. The topological polar surface area (TPSA) is 91.0 Å². The number of rotatable bonds is 4. The SMILES string of the molecule is CC(C)NC(=O)N(CC(N)=NO)C1CCCC1. The number of nitrogens with zero attached hydrogens (tertiary/aromatic N) is 2. The molecular weight excluding hydrogens is 220 g/mol. The van der Waals surface area contributed by atoms with Gasteiger partial charge in [0, 0.05) is 12.1 Å². The quantitative estimate of drug-likeness (QED) is 0.298. The van der Waals surface area contributed by atoms with Crippen molar-refractivity contribution in [3.8, 4) is 0 Å². The molecule has 0 atom stereocenters. The van der Waals surface area contributed by atoms with Crippen LogP contribution in [-0.4, -0.2) is 40.6 Å². The summed E-state index contributed by atoms with van der Waals surface area (Å²) in [5.74, 6) is 0.0656. The summed E-state index contributed by atoms with van der Waals surface area (Å²) in [7, 11) is 0. The number of oxime groups is 1. The minimum Gasteiger partial charge on any atom is -0.409 e. The molecule has 1 saturated carbocycles. The molecule has 4 N–H and O–H groups in total. The van der Waals surface area contributed by atoms with Crippen molar-refractivity contribution in [1.82, 2.24) is 10.2 Å². The first-order chi connectivity index (χ1) is 8.04. The highest BCUT2D eigenvalue weighted by molar-refractivity contribution is 5.86. The number of urea groups is 1. The first-order valence-electron chi connectivity index (χ1n) is 6.08. The van der Waals surface area contributed by atoms with Gasteiger partial charge in [0.15, 0.2) is 5.84 Å². The number of amidine groups is 1. The molecule has 6 nitrogen and oxygen atoms in total. The fourth-order valence-corrected chi connectivity index (χ4v) is 2.12. The Morgan fingerprint density at radius 1 is 1.53 bits per heavy atom. The third-order valence-electron chi connectivity index (χ3n) is 2.90. The number of amides is 2. The Labute approximate surface area is 102 Å². The average Bonchev–Trinajstić information content (AvgIpc) is 2.77. The monoisotopic (exact) mass is 242 g/mol. The van der Waals surface area contributed by atoms with Crippen molar-refractivity contribution in [3.63, 3.8) is 0 Å². The van der Waals surface area contributed by atoms with E-state index in [0.29, 0.717) is 0 Å². The van der Waals surface area contributed by atoms with E-state index in [1.807, 2.05) is 13.8 Å². The van der Waals surface area contributed by atoms with Gasteiger partial charge in [-0.15, -0.1) is 0 Å². The van der Waals surface area contributed by atoms with E-state index < -0.39 is 0 Å². The molecule has 2 amide bonds. The molecule has 98 valence electrons. The molecule has 0 aromatic heterocycles. The van der Waals surface area contributed by atoms with Crippen LogP contribution in [-0.2, 0) is 0 Å². The molecule has 0 unspecified atom stereocenters. The molecule has 6 heteroatoms. The molecule has 1 aliphatic carbocycles. The van der Waals surface area contributed by atoms with E-state index in [9.17, 15) is 4.79 Å². The molecule has 1 aliphatic rings. The number of hydrogen-bond donors (Lipinski definition) is 3. The van der Waals surface area contributed by atoms with Gasteiger partial charge in [-0.2, -0.15) is 0 Å². The second-order valence-corrected chi connectivity index (χ2v) is 4.76. The molecule has 0 aromatic carbocycles. The smallest absolute Gasteiger partial charge is 0.318 e. The normalized spacial score (nSPS) is 17.5. The maximum atomic E-state index is 12.0. The molecule has 0 aliphatic heterocycles. The van der Waals surface area contributed by atoms with E-state index >= 15 is 0 Å². The van der Waals surface area contributed by atoms with Crippen LogP contribution >= 0.6 is 0 Å². The van der Waals surface area contributed by atoms with E-state index in [2.05, 4.69) is 10.5 Å². The summed E-state index contributed by atoms with van der Waals surface area (Å²) in [6, 6.07) is 0.145. The zero-order valence-corrected chi connectivity index (χ0v) is 10.5. The minimum absolute atomic E-state index is 0.0656. The summed E-state index contributed by atoms with van der Waals surface area (Å²) >= 11 is 0. The van der Waals surface area contributed by atoms with Crippen LogP contribution in [0, 0.1) is 0 Å². The lowest BCUT2D eigenvalue weighted by molar-refractivity contribution is 0.181. The summed E-state index contributed by atoms with van der Waals surface area (Å²) < 4.78 is 0. The first-order valence-corrected chi connectivity index (χ1v) is 6.08. The summed E-state index contributed by atoms with van der Waals surface area (Å²) in [4.78, 5) is 13.7. The number of hydrogen-bond acceptors (Lipinski definition) is 3. The van der Waals surface area contributed by atoms with Crippen molar-refractivity contribution in [3.05, 3.63) is 0 Å². The van der Waals surface area contributed by atoms with Crippen molar-refractivity contribution < 1.29 is 10.0 Å². The standard InChI is InChI=1S/C11H22N4O2/c1-8(2)13-11(16)15(7-10(12)14-17)9-5-3-4-6-9/h8-9,17H,3-7H2,1-2H3,(H2,12,14)(H,13,16). The van der Waals surface area contributed by atoms with Crippen LogP contribution in [0.15, 0.2) is 5.16 Å². The van der Waals surface area contributed by atoms with Gasteiger partial charge >= 0.3 is 6.03 Å². The van der Waals surface area contributed by atoms with Crippen molar-refractivity contribution in [1.29, 1.82) is 0 Å². The molecule has 0 spiro atoms. The van der Waals surface area contributed by atoms with Gasteiger partial charge in [0.1, 0.15) is 0 Å². The Morgan fingerprint density at radius 3 is 2.59 bits per heavy atom. The van der Waals surface area contributed by atoms with Crippen molar-refractivity contribution >= 4 is 11.9 Å². The van der Waals surface area contributed by atoms with Crippen LogP contribution < -0.4 is 11.1 Å². The van der Waals surface area contributed by atoms with Crippen LogP contribution in [0.5, 0.6) is 0 Å². The van der Waals surface area contributed by atoms with E-state index in [4.69, 9.17) is 10.9 Å². The molecule has 0 saturated heterocycles. The van der Waals surface area contributed by atoms with Gasteiger partial charge in [0.2, 0.25) is 0 Å². The van der Waals surface area contributed by atoms with E-state index in [0.717, 1.165) is 25.7 Å². The van der Waals surface area contributed by atoms with Crippen LogP contribution in [0.2, 0.25) is 0 Å². The van der Waals surface area contributed by atoms with E-state index in [1.54, 1.807) is 4.90 Å². The molecule has 0 aromatic rings. The molecular formula is C11H22N4O2. The van der Waals surface area contributed by atoms with Crippen LogP contribution in [0.25, 0.3) is 0 Å². The molecule has 17 heavy (non-hydrogen) atoms. The number of carbonyl (C=O) groups excluding carboxylic acids is 1. The van der Waals surface area contributed by atoms with Gasteiger partial charge in [-0.1, -0.05) is 18.0 Å². The Hall–Kier alpha value is -1.46. The largest absolute Gasteiger partial charge is 0.409 e. The molecule has 1 rings (SSSR count). The summed E-state index contributed by atoms with van der Waals surface area (Å²) in [6.07, 6.45) is 4.24. The third-order valence-corrected chi connectivity index (χ3v) is 2.90. The lowest BCUT2D eigenvalue weighted by Gasteiger charge is -2.29. The highest BCUT2D eigenvalue weighted by Gasteiger charge is 2.27. The third kappa shape index (κ3) is 4.13. The first kappa shape index (κ1) is 13.6. The fraction of sp³-hybridized carbons (Fsp3) is 0.818. The minimum atomic E-state index is -0.140. The Bertz CT molecular complexity index is 285. The Morgan fingerprint density at radius 2 is 2.12 bits per heavy atom. The molecule has 0 bridgehead atoms. The van der Waals surface area contributed by atoms with Gasteiger partial charge in [-0.05, 0) is 26.7 Å². The summed E-state index contributed by atoms with van der Waals surface area (Å²) in [5, 5.41) is 14.4. The second-order valence-electron chi connectivity index (χ2n) is 4.76. The van der Waals surface area contributed by atoms with Crippen molar-refractivity contribution in [2.45, 2.75) is 51.6 Å². The van der Waals surface area contributed by atoms with Gasteiger partial charge in [0.25, 0.3) is 0 Å². The molecule has 0 radical (unpaired) electrons. The summed E-state index contributed by atoms with van der Waals surface area (Å²) in [6.45, 7) is 4.00. The Balaban J connectivity index is 2.66. The zero-order valence-electron chi connectivity index (χ0n) is 10.5. The van der Waals surface area contributed by atoms with Crippen molar-refractivity contribution in [2.24, 2.45) is 10.9 Å². The molecule has 1 fully saturated rings. The Kier molecular flexibility index (Phi) is 5.06. The van der Waals surface area contributed by atoms with Crippen molar-refractivity contribution in [2.75, 3.05) is 6.54 Å².